The van der Waals surface area contributed by atoms with E-state index in [1.165, 1.54) is 18.6 Å². The Morgan fingerprint density at radius 2 is 1.83 bits per heavy atom. The summed E-state index contributed by atoms with van der Waals surface area (Å²) in [6.07, 6.45) is 4.34. The Labute approximate surface area is 150 Å². The van der Waals surface area contributed by atoms with Crippen molar-refractivity contribution in [2.75, 3.05) is 6.61 Å². The SMILES string of the molecule is C[C@@H]1CCCC[C@H]1NC(=O)COC(=O)c1c(Cl)ccc(Cl)c1Cl. The number of hydrogen-bond acceptors (Lipinski definition) is 3. The van der Waals surface area contributed by atoms with Crippen molar-refractivity contribution in [3.05, 3.63) is 32.8 Å². The van der Waals surface area contributed by atoms with Gasteiger partial charge in [-0.05, 0) is 30.9 Å². The zero-order chi connectivity index (χ0) is 17.0. The minimum atomic E-state index is -0.769. The Hall–Kier alpha value is -0.970. The number of amides is 1. The van der Waals surface area contributed by atoms with Crippen LogP contribution in [0.25, 0.3) is 0 Å². The molecule has 0 radical (unpaired) electrons. The van der Waals surface area contributed by atoms with Crippen molar-refractivity contribution in [3.8, 4) is 0 Å². The van der Waals surface area contributed by atoms with Gasteiger partial charge in [-0.3, -0.25) is 4.79 Å². The fraction of sp³-hybridized carbons (Fsp3) is 0.500. The van der Waals surface area contributed by atoms with Crippen molar-refractivity contribution in [2.24, 2.45) is 5.92 Å². The predicted molar refractivity (Wildman–Crippen MR) is 91.3 cm³/mol. The fourth-order valence-electron chi connectivity index (χ4n) is 2.70. The summed E-state index contributed by atoms with van der Waals surface area (Å²) in [6.45, 7) is 1.74. The lowest BCUT2D eigenvalue weighted by atomic mass is 9.86. The van der Waals surface area contributed by atoms with Gasteiger partial charge in [0.05, 0.1) is 20.6 Å². The van der Waals surface area contributed by atoms with Gasteiger partial charge in [-0.25, -0.2) is 4.79 Å². The Balaban J connectivity index is 1.91. The summed E-state index contributed by atoms with van der Waals surface area (Å²) in [4.78, 5) is 24.0. The van der Waals surface area contributed by atoms with E-state index in [1.807, 2.05) is 0 Å². The summed E-state index contributed by atoms with van der Waals surface area (Å²) < 4.78 is 5.00. The first-order chi connectivity index (χ1) is 10.9. The minimum Gasteiger partial charge on any atom is -0.452 e. The molecule has 0 unspecified atom stereocenters. The highest BCUT2D eigenvalue weighted by Gasteiger charge is 2.24. The second-order valence-corrected chi connectivity index (χ2v) is 6.92. The molecular formula is C16H18Cl3NO3. The summed E-state index contributed by atoms with van der Waals surface area (Å²) in [5, 5.41) is 3.25. The zero-order valence-electron chi connectivity index (χ0n) is 12.7. The van der Waals surface area contributed by atoms with Gasteiger partial charge in [0.15, 0.2) is 6.61 Å². The molecule has 7 heteroatoms. The number of esters is 1. The van der Waals surface area contributed by atoms with Crippen LogP contribution in [-0.2, 0) is 9.53 Å². The maximum absolute atomic E-state index is 12.1. The van der Waals surface area contributed by atoms with Crippen molar-refractivity contribution in [1.29, 1.82) is 0 Å². The quantitative estimate of drug-likeness (QED) is 0.620. The lowest BCUT2D eigenvalue weighted by Gasteiger charge is -2.29. The van der Waals surface area contributed by atoms with Crippen molar-refractivity contribution in [3.63, 3.8) is 0 Å². The minimum absolute atomic E-state index is 0.0190. The average molecular weight is 379 g/mol. The van der Waals surface area contributed by atoms with Gasteiger partial charge in [-0.2, -0.15) is 0 Å². The van der Waals surface area contributed by atoms with Crippen molar-refractivity contribution in [1.82, 2.24) is 5.32 Å². The second kappa shape index (κ2) is 8.22. The molecule has 1 aromatic rings. The average Bonchev–Trinajstić information content (AvgIpc) is 2.51. The predicted octanol–water partition coefficient (Wildman–Crippen LogP) is 4.50. The molecule has 1 aliphatic carbocycles. The molecule has 2 rings (SSSR count). The van der Waals surface area contributed by atoms with Gasteiger partial charge in [-0.1, -0.05) is 54.6 Å². The normalized spacial score (nSPS) is 20.9. The number of carbonyl (C=O) groups excluding carboxylic acids is 2. The Bertz CT molecular complexity index is 606. The molecule has 4 nitrogen and oxygen atoms in total. The lowest BCUT2D eigenvalue weighted by molar-refractivity contribution is -0.125. The Morgan fingerprint density at radius 1 is 1.17 bits per heavy atom. The van der Waals surface area contributed by atoms with Crippen molar-refractivity contribution < 1.29 is 14.3 Å². The molecule has 0 aliphatic heterocycles. The van der Waals surface area contributed by atoms with Crippen LogP contribution in [0.4, 0.5) is 0 Å². The smallest absolute Gasteiger partial charge is 0.341 e. The molecule has 1 N–H and O–H groups in total. The molecule has 0 heterocycles. The third-order valence-electron chi connectivity index (χ3n) is 4.04. The molecule has 1 fully saturated rings. The molecule has 1 aromatic carbocycles. The Morgan fingerprint density at radius 3 is 2.52 bits per heavy atom. The highest BCUT2D eigenvalue weighted by molar-refractivity contribution is 6.46. The maximum atomic E-state index is 12.1. The molecule has 126 valence electrons. The van der Waals surface area contributed by atoms with E-state index in [-0.39, 0.29) is 39.2 Å². The number of carbonyl (C=O) groups is 2. The molecule has 1 saturated carbocycles. The van der Waals surface area contributed by atoms with Crippen molar-refractivity contribution >= 4 is 46.7 Å². The standard InChI is InChI=1S/C16H18Cl3NO3/c1-9-4-2-3-5-12(9)20-13(21)8-23-16(22)14-10(17)6-7-11(18)15(14)19/h6-7,9,12H,2-5,8H2,1H3,(H,20,21)/t9-,12-/m1/s1. The van der Waals surface area contributed by atoms with Crippen LogP contribution in [0.1, 0.15) is 43.0 Å². The summed E-state index contributed by atoms with van der Waals surface area (Å²) in [7, 11) is 0. The van der Waals surface area contributed by atoms with E-state index < -0.39 is 5.97 Å². The largest absolute Gasteiger partial charge is 0.452 e. The van der Waals surface area contributed by atoms with E-state index >= 15 is 0 Å². The molecule has 0 saturated heterocycles. The summed E-state index contributed by atoms with van der Waals surface area (Å²) in [6, 6.07) is 3.07. The van der Waals surface area contributed by atoms with E-state index in [2.05, 4.69) is 12.2 Å². The van der Waals surface area contributed by atoms with Gasteiger partial charge in [0.25, 0.3) is 5.91 Å². The second-order valence-electron chi connectivity index (χ2n) is 5.73. The lowest BCUT2D eigenvalue weighted by Crippen LogP contribution is -2.42. The van der Waals surface area contributed by atoms with Gasteiger partial charge >= 0.3 is 5.97 Å². The molecule has 1 amide bonds. The van der Waals surface area contributed by atoms with Crippen LogP contribution >= 0.6 is 34.8 Å². The summed E-state index contributed by atoms with van der Waals surface area (Å²) in [5.74, 6) is -0.666. The first kappa shape index (κ1) is 18.4. The van der Waals surface area contributed by atoms with E-state index in [0.717, 1.165) is 19.3 Å². The topological polar surface area (TPSA) is 55.4 Å². The van der Waals surface area contributed by atoms with Crippen LogP contribution in [-0.4, -0.2) is 24.5 Å². The van der Waals surface area contributed by atoms with Gasteiger partial charge in [-0.15, -0.1) is 0 Å². The molecule has 23 heavy (non-hydrogen) atoms. The highest BCUT2D eigenvalue weighted by atomic mass is 35.5. The zero-order valence-corrected chi connectivity index (χ0v) is 15.0. The van der Waals surface area contributed by atoms with Gasteiger partial charge in [0.2, 0.25) is 0 Å². The molecule has 1 aliphatic rings. The number of benzene rings is 1. The van der Waals surface area contributed by atoms with Crippen LogP contribution in [0.3, 0.4) is 0 Å². The first-order valence-corrected chi connectivity index (χ1v) is 8.63. The molecular weight excluding hydrogens is 361 g/mol. The number of halogens is 3. The number of rotatable bonds is 4. The van der Waals surface area contributed by atoms with E-state index in [9.17, 15) is 9.59 Å². The Kier molecular flexibility index (Phi) is 6.57. The number of ether oxygens (including phenoxy) is 1. The van der Waals surface area contributed by atoms with E-state index in [1.54, 1.807) is 0 Å². The van der Waals surface area contributed by atoms with Crippen LogP contribution in [0.5, 0.6) is 0 Å². The van der Waals surface area contributed by atoms with Gasteiger partial charge in [0, 0.05) is 6.04 Å². The molecule has 0 spiro atoms. The van der Waals surface area contributed by atoms with Crippen LogP contribution in [0.2, 0.25) is 15.1 Å². The first-order valence-electron chi connectivity index (χ1n) is 7.50. The van der Waals surface area contributed by atoms with Crippen molar-refractivity contribution in [2.45, 2.75) is 38.6 Å². The summed E-state index contributed by atoms with van der Waals surface area (Å²) in [5.41, 5.74) is -0.0281. The maximum Gasteiger partial charge on any atom is 0.341 e. The van der Waals surface area contributed by atoms with Crippen LogP contribution in [0.15, 0.2) is 12.1 Å². The third-order valence-corrected chi connectivity index (χ3v) is 5.16. The third kappa shape index (κ3) is 4.75. The van der Waals surface area contributed by atoms with E-state index in [0.29, 0.717) is 5.92 Å². The van der Waals surface area contributed by atoms with Gasteiger partial charge in [0.1, 0.15) is 0 Å². The monoisotopic (exact) mass is 377 g/mol. The number of nitrogens with one attached hydrogen (secondary N) is 1. The van der Waals surface area contributed by atoms with Gasteiger partial charge < -0.3 is 10.1 Å². The molecule has 2 atom stereocenters. The number of hydrogen-bond donors (Lipinski definition) is 1. The molecule has 0 aromatic heterocycles. The van der Waals surface area contributed by atoms with Crippen LogP contribution < -0.4 is 5.32 Å². The summed E-state index contributed by atoms with van der Waals surface area (Å²) >= 11 is 17.8. The van der Waals surface area contributed by atoms with Crippen LogP contribution in [0, 0.1) is 5.92 Å². The highest BCUT2D eigenvalue weighted by Crippen LogP contribution is 2.31. The fourth-order valence-corrected chi connectivity index (χ4v) is 3.38. The molecule has 0 bridgehead atoms. The van der Waals surface area contributed by atoms with E-state index in [4.69, 9.17) is 39.5 Å².